The Hall–Kier alpha value is -3.44. The molecule has 3 saturated carbocycles. The van der Waals surface area contributed by atoms with Crippen molar-refractivity contribution in [3.05, 3.63) is 69.8 Å². The second kappa shape index (κ2) is 10.0. The van der Waals surface area contributed by atoms with Crippen molar-refractivity contribution in [3.63, 3.8) is 0 Å². The number of amides is 1. The minimum Gasteiger partial charge on any atom is -0.390 e. The first-order valence-corrected chi connectivity index (χ1v) is 14.1. The zero-order valence-electron chi connectivity index (χ0n) is 21.8. The van der Waals surface area contributed by atoms with Gasteiger partial charge in [0.15, 0.2) is 0 Å². The summed E-state index contributed by atoms with van der Waals surface area (Å²) in [5, 5.41) is 33.1. The Kier molecular flexibility index (Phi) is 6.56. The van der Waals surface area contributed by atoms with E-state index >= 15 is 0 Å². The maximum absolute atomic E-state index is 13.3. The van der Waals surface area contributed by atoms with Gasteiger partial charge in [0.25, 0.3) is 6.07 Å². The Labute approximate surface area is 223 Å². The van der Waals surface area contributed by atoms with E-state index in [1.807, 2.05) is 12.1 Å². The van der Waals surface area contributed by atoms with Gasteiger partial charge >= 0.3 is 17.8 Å². The summed E-state index contributed by atoms with van der Waals surface area (Å²) in [6, 6.07) is 8.51. The summed E-state index contributed by atoms with van der Waals surface area (Å²) in [6.07, 6.45) is 15.1. The highest BCUT2D eigenvalue weighted by Gasteiger charge is 2.46. The lowest BCUT2D eigenvalue weighted by Crippen LogP contribution is -2.45. The number of pyridine rings is 1. The third-order valence-corrected chi connectivity index (χ3v) is 8.73. The van der Waals surface area contributed by atoms with E-state index in [0.717, 1.165) is 93.4 Å². The average Bonchev–Trinajstić information content (AvgIpc) is 3.85. The van der Waals surface area contributed by atoms with Crippen molar-refractivity contribution in [2.75, 3.05) is 13.1 Å². The Bertz CT molecular complexity index is 1290. The quantitative estimate of drug-likeness (QED) is 0.347. The van der Waals surface area contributed by atoms with Crippen LogP contribution >= 0.6 is 0 Å². The zero-order valence-corrected chi connectivity index (χ0v) is 21.8. The number of allylic oxidation sites excluding steroid dienone is 3. The molecule has 1 aliphatic heterocycles. The number of hydrogen-bond acceptors (Lipinski definition) is 5. The van der Waals surface area contributed by atoms with Crippen molar-refractivity contribution in [1.29, 1.82) is 5.41 Å². The molecule has 0 radical (unpaired) electrons. The van der Waals surface area contributed by atoms with Crippen molar-refractivity contribution in [2.45, 2.75) is 75.7 Å². The average molecular weight is 516 g/mol. The maximum Gasteiger partial charge on any atom is 0.325 e. The van der Waals surface area contributed by atoms with E-state index in [1.165, 1.54) is 0 Å². The molecule has 8 heteroatoms. The highest BCUT2D eigenvalue weighted by molar-refractivity contribution is 6.11. The van der Waals surface area contributed by atoms with Gasteiger partial charge in [-0.3, -0.25) is 15.4 Å². The van der Waals surface area contributed by atoms with E-state index in [-0.39, 0.29) is 17.5 Å². The molecule has 5 aliphatic rings. The molecule has 2 heterocycles. The van der Waals surface area contributed by atoms with Crippen LogP contribution in [0, 0.1) is 23.3 Å². The maximum atomic E-state index is 13.3. The molecule has 1 saturated heterocycles. The van der Waals surface area contributed by atoms with E-state index in [2.05, 4.69) is 21.1 Å². The lowest BCUT2D eigenvalue weighted by Gasteiger charge is -2.33. The Morgan fingerprint density at radius 3 is 2.55 bits per heavy atom. The van der Waals surface area contributed by atoms with E-state index in [9.17, 15) is 15.1 Å². The third-order valence-electron chi connectivity index (χ3n) is 8.73. The minimum atomic E-state index is -0.486. The molecule has 0 atom stereocenters. The van der Waals surface area contributed by atoms with Crippen molar-refractivity contribution in [1.82, 2.24) is 10.2 Å². The summed E-state index contributed by atoms with van der Waals surface area (Å²) >= 11 is 0. The third kappa shape index (κ3) is 5.12. The number of carbonyl (C=O) groups excluding carboxylic acids is 1. The summed E-state index contributed by atoms with van der Waals surface area (Å²) < 4.78 is 1.02. The molecule has 1 aromatic rings. The highest BCUT2D eigenvalue weighted by atomic mass is 16.5. The lowest BCUT2D eigenvalue weighted by atomic mass is 9.77. The topological polar surface area (TPSA) is 105 Å². The first-order chi connectivity index (χ1) is 18.4. The van der Waals surface area contributed by atoms with Crippen LogP contribution in [0.15, 0.2) is 53.5 Å². The van der Waals surface area contributed by atoms with Gasteiger partial charge in [0.2, 0.25) is 5.69 Å². The van der Waals surface area contributed by atoms with Crippen LogP contribution in [0.2, 0.25) is 0 Å². The molecular weight excluding hydrogens is 478 g/mol. The molecule has 4 N–H and O–H groups in total. The first-order valence-electron chi connectivity index (χ1n) is 14.1. The molecule has 0 aromatic carbocycles. The van der Waals surface area contributed by atoms with Crippen molar-refractivity contribution < 1.29 is 19.8 Å². The predicted octanol–water partition coefficient (Wildman–Crippen LogP) is 4.26. The summed E-state index contributed by atoms with van der Waals surface area (Å²) in [5.74, 6) is 0.607. The highest BCUT2D eigenvalue weighted by Crippen LogP contribution is 2.48. The van der Waals surface area contributed by atoms with Crippen molar-refractivity contribution >= 4 is 11.6 Å². The van der Waals surface area contributed by atoms with Gasteiger partial charge in [-0.15, -0.1) is 0 Å². The van der Waals surface area contributed by atoms with Gasteiger partial charge in [-0.1, -0.05) is 0 Å². The van der Waals surface area contributed by atoms with Gasteiger partial charge in [-0.25, -0.2) is 0 Å². The number of likely N-dealkylation sites (tertiary alicyclic amines) is 1. The fourth-order valence-electron chi connectivity index (χ4n) is 6.08. The number of hydrogen-bond donors (Lipinski definition) is 4. The monoisotopic (exact) mass is 515 g/mol. The number of nitrogens with zero attached hydrogens (tertiary/aromatic N) is 3. The molecule has 4 fully saturated rings. The van der Waals surface area contributed by atoms with Crippen LogP contribution < -0.4 is 10.0 Å². The van der Waals surface area contributed by atoms with Gasteiger partial charge < -0.3 is 15.3 Å². The van der Waals surface area contributed by atoms with Crippen LogP contribution in [-0.2, 0) is 0 Å². The molecule has 6 rings (SSSR count). The van der Waals surface area contributed by atoms with Crippen LogP contribution in [-0.4, -0.2) is 45.5 Å². The number of aromatic nitrogens is 1. The molecular formula is C30H37N5O3+2. The fourth-order valence-corrected chi connectivity index (χ4v) is 6.08. The van der Waals surface area contributed by atoms with Gasteiger partial charge in [-0.2, -0.15) is 0 Å². The number of rotatable bonds is 5. The molecule has 4 aliphatic carbocycles. The van der Waals surface area contributed by atoms with Crippen molar-refractivity contribution in [2.24, 2.45) is 11.8 Å². The number of nitrogens with one attached hydrogen (secondary N) is 2. The van der Waals surface area contributed by atoms with Crippen LogP contribution in [0.3, 0.4) is 0 Å². The Morgan fingerprint density at radius 2 is 1.87 bits per heavy atom. The Morgan fingerprint density at radius 1 is 1.13 bits per heavy atom. The smallest absolute Gasteiger partial charge is 0.325 e. The van der Waals surface area contributed by atoms with E-state index in [0.29, 0.717) is 28.8 Å². The summed E-state index contributed by atoms with van der Waals surface area (Å²) in [4.78, 5) is 19.9. The molecule has 1 aromatic heterocycles. The number of carbonyl (C=O) groups is 1. The molecule has 8 nitrogen and oxygen atoms in total. The number of aliphatic hydroxyl groups is 1. The van der Waals surface area contributed by atoms with E-state index in [4.69, 9.17) is 5.41 Å². The van der Waals surface area contributed by atoms with E-state index < -0.39 is 5.60 Å². The van der Waals surface area contributed by atoms with Crippen molar-refractivity contribution in [3.8, 4) is 6.07 Å². The molecule has 38 heavy (non-hydrogen) atoms. The van der Waals surface area contributed by atoms with Crippen LogP contribution in [0.1, 0.15) is 86.3 Å². The predicted molar refractivity (Wildman–Crippen MR) is 143 cm³/mol. The van der Waals surface area contributed by atoms with Crippen LogP contribution in [0.5, 0.6) is 0 Å². The Balaban J connectivity index is 1.21. The molecule has 0 unspecified atom stereocenters. The van der Waals surface area contributed by atoms with Gasteiger partial charge in [0.05, 0.1) is 34.2 Å². The summed E-state index contributed by atoms with van der Waals surface area (Å²) in [5.41, 5.74) is 2.84. The lowest BCUT2D eigenvalue weighted by molar-refractivity contribution is -0.910. The van der Waals surface area contributed by atoms with Gasteiger partial charge in [0.1, 0.15) is 0 Å². The van der Waals surface area contributed by atoms with Crippen LogP contribution in [0.4, 0.5) is 0 Å². The second-order valence-corrected chi connectivity index (χ2v) is 11.6. The largest absolute Gasteiger partial charge is 0.390 e. The molecule has 0 spiro atoms. The molecule has 1 amide bonds. The second-order valence-electron chi connectivity index (χ2n) is 11.6. The molecule has 0 bridgehead atoms. The minimum absolute atomic E-state index is 0.192. The van der Waals surface area contributed by atoms with E-state index in [1.54, 1.807) is 24.4 Å². The SMILES string of the molecule is N=C1C=C(N2CCCC2)C(NC(=O)c2cccc(C3CC3)[n+]2O)=C/C1=C/[N+]#CC1CCC(O)(C2CC2)CC1. The van der Waals surface area contributed by atoms with Gasteiger partial charge in [0, 0.05) is 35.9 Å². The summed E-state index contributed by atoms with van der Waals surface area (Å²) in [6.45, 7) is 1.76. The normalized spacial score (nSPS) is 28.4. The van der Waals surface area contributed by atoms with Crippen LogP contribution in [0.25, 0.3) is 4.85 Å². The first kappa shape index (κ1) is 24.9. The standard InChI is InChI=1S/C30H36N5O3/c31-24-17-28(34-14-1-2-15-34)25(33-29(36)27-5-3-4-26(35(27)38)21-6-7-21)16-22(24)19-32-18-20-10-12-30(37,13-11-20)23-8-9-23/h3-5,16-17,19-21,23,31,37H,1-2,6-15H2,(H-,33,36,38)/q+1/p+1/b22-19-,31-24?. The zero-order chi connectivity index (χ0) is 26.3. The van der Waals surface area contributed by atoms with Gasteiger partial charge in [-0.05, 0) is 93.2 Å². The fraction of sp³-hybridized carbons (Fsp3) is 0.533. The summed E-state index contributed by atoms with van der Waals surface area (Å²) in [7, 11) is 0. The molecule has 198 valence electrons.